The molecule has 3 nitrogen and oxygen atoms in total. The smallest absolute Gasteiger partial charge is 0.304 e. The van der Waals surface area contributed by atoms with E-state index in [-0.39, 0.29) is 12.2 Å². The number of carboxylic acid groups (broad SMARTS) is 1. The minimum atomic E-state index is -0.834. The van der Waals surface area contributed by atoms with E-state index < -0.39 is 5.97 Å². The number of halogens is 1. The second kappa shape index (κ2) is 10.1. The van der Waals surface area contributed by atoms with Crippen LogP contribution in [0.25, 0.3) is 0 Å². The number of hydrogen-bond acceptors (Lipinski definition) is 3. The summed E-state index contributed by atoms with van der Waals surface area (Å²) in [5, 5.41) is 9.03. The number of nitrogens with zero attached hydrogens (tertiary/aromatic N) is 1. The maximum atomic E-state index is 13.5. The van der Waals surface area contributed by atoms with Crippen molar-refractivity contribution in [2.24, 2.45) is 0 Å². The highest BCUT2D eigenvalue weighted by Crippen LogP contribution is 2.27. The fraction of sp³-hybridized carbons (Fsp3) is 0.174. The summed E-state index contributed by atoms with van der Waals surface area (Å²) >= 11 is 1.70. The molecule has 144 valence electrons. The standard InChI is InChI=1S/C23H22FNO2S/c24-20-6-4-5-19(15-20)17-25(14-13-23(26)27)16-18-9-11-22(12-10-18)28-21-7-2-1-3-8-21/h1-12,15H,13-14,16-17H2,(H,26,27). The van der Waals surface area contributed by atoms with E-state index in [0.717, 1.165) is 16.0 Å². The Kier molecular flexibility index (Phi) is 7.23. The highest BCUT2D eigenvalue weighted by Gasteiger charge is 2.10. The second-order valence-electron chi connectivity index (χ2n) is 6.54. The summed E-state index contributed by atoms with van der Waals surface area (Å²) in [7, 11) is 0. The molecule has 0 saturated carbocycles. The van der Waals surface area contributed by atoms with E-state index in [1.807, 2.05) is 29.2 Å². The van der Waals surface area contributed by atoms with Gasteiger partial charge in [-0.25, -0.2) is 4.39 Å². The molecule has 0 aliphatic heterocycles. The van der Waals surface area contributed by atoms with E-state index in [9.17, 15) is 9.18 Å². The van der Waals surface area contributed by atoms with E-state index in [0.29, 0.717) is 19.6 Å². The molecule has 0 radical (unpaired) electrons. The molecule has 0 amide bonds. The fourth-order valence-corrected chi connectivity index (χ4v) is 3.74. The van der Waals surface area contributed by atoms with E-state index in [1.54, 1.807) is 17.8 Å². The molecule has 0 aliphatic carbocycles. The van der Waals surface area contributed by atoms with Crippen molar-refractivity contribution in [3.8, 4) is 0 Å². The third-order valence-corrected chi connectivity index (χ3v) is 5.26. The van der Waals surface area contributed by atoms with Crippen LogP contribution in [0.1, 0.15) is 17.5 Å². The third-order valence-electron chi connectivity index (χ3n) is 4.25. The first-order valence-corrected chi connectivity index (χ1v) is 9.90. The first-order valence-electron chi connectivity index (χ1n) is 9.09. The van der Waals surface area contributed by atoms with Crippen LogP contribution in [0.4, 0.5) is 4.39 Å². The predicted molar refractivity (Wildman–Crippen MR) is 110 cm³/mol. The van der Waals surface area contributed by atoms with Crippen LogP contribution in [-0.4, -0.2) is 22.5 Å². The quantitative estimate of drug-likeness (QED) is 0.523. The summed E-state index contributed by atoms with van der Waals surface area (Å²) in [4.78, 5) is 15.4. The van der Waals surface area contributed by atoms with Gasteiger partial charge < -0.3 is 5.11 Å². The predicted octanol–water partition coefficient (Wildman–Crippen LogP) is 5.45. The Morgan fingerprint density at radius 1 is 0.857 bits per heavy atom. The first kappa shape index (κ1) is 20.1. The molecule has 0 aromatic heterocycles. The van der Waals surface area contributed by atoms with E-state index >= 15 is 0 Å². The molecular formula is C23H22FNO2S. The molecule has 0 spiro atoms. The van der Waals surface area contributed by atoms with Crippen LogP contribution >= 0.6 is 11.8 Å². The maximum Gasteiger partial charge on any atom is 0.304 e. The molecular weight excluding hydrogens is 373 g/mol. The van der Waals surface area contributed by atoms with Crippen LogP contribution in [0.3, 0.4) is 0 Å². The second-order valence-corrected chi connectivity index (χ2v) is 7.69. The molecule has 0 aliphatic rings. The zero-order chi connectivity index (χ0) is 19.8. The lowest BCUT2D eigenvalue weighted by Crippen LogP contribution is -2.25. The molecule has 28 heavy (non-hydrogen) atoms. The summed E-state index contributed by atoms with van der Waals surface area (Å²) in [5.41, 5.74) is 1.93. The van der Waals surface area contributed by atoms with Crippen molar-refractivity contribution in [3.05, 3.63) is 95.8 Å². The summed E-state index contributed by atoms with van der Waals surface area (Å²) in [5.74, 6) is -1.11. The van der Waals surface area contributed by atoms with Gasteiger partial charge in [0.1, 0.15) is 5.82 Å². The van der Waals surface area contributed by atoms with Gasteiger partial charge in [0.15, 0.2) is 0 Å². The zero-order valence-electron chi connectivity index (χ0n) is 15.4. The monoisotopic (exact) mass is 395 g/mol. The summed E-state index contributed by atoms with van der Waals surface area (Å²) in [6.07, 6.45) is 0.0528. The highest BCUT2D eigenvalue weighted by molar-refractivity contribution is 7.99. The number of hydrogen-bond donors (Lipinski definition) is 1. The Labute approximate surface area is 168 Å². The summed E-state index contributed by atoms with van der Waals surface area (Å²) < 4.78 is 13.5. The fourth-order valence-electron chi connectivity index (χ4n) is 2.91. The average molecular weight is 395 g/mol. The van der Waals surface area contributed by atoms with Gasteiger partial charge in [0.2, 0.25) is 0 Å². The molecule has 0 heterocycles. The number of rotatable bonds is 9. The minimum absolute atomic E-state index is 0.0528. The van der Waals surface area contributed by atoms with Crippen LogP contribution in [0.5, 0.6) is 0 Å². The van der Waals surface area contributed by atoms with Gasteiger partial charge in [0.05, 0.1) is 6.42 Å². The molecule has 5 heteroatoms. The lowest BCUT2D eigenvalue weighted by Gasteiger charge is -2.22. The zero-order valence-corrected chi connectivity index (χ0v) is 16.2. The Morgan fingerprint density at radius 3 is 2.21 bits per heavy atom. The lowest BCUT2D eigenvalue weighted by atomic mass is 10.1. The van der Waals surface area contributed by atoms with Gasteiger partial charge >= 0.3 is 5.97 Å². The van der Waals surface area contributed by atoms with Crippen LogP contribution in [-0.2, 0) is 17.9 Å². The minimum Gasteiger partial charge on any atom is -0.481 e. The van der Waals surface area contributed by atoms with Gasteiger partial charge in [-0.3, -0.25) is 9.69 Å². The lowest BCUT2D eigenvalue weighted by molar-refractivity contribution is -0.137. The SMILES string of the molecule is O=C(O)CCN(Cc1ccc(Sc2ccccc2)cc1)Cc1cccc(F)c1. The molecule has 3 aromatic rings. The normalized spacial score (nSPS) is 10.9. The van der Waals surface area contributed by atoms with Crippen molar-refractivity contribution in [2.45, 2.75) is 29.3 Å². The maximum absolute atomic E-state index is 13.5. The molecule has 0 fully saturated rings. The number of benzene rings is 3. The Balaban J connectivity index is 1.66. The molecule has 0 atom stereocenters. The Bertz CT molecular complexity index is 900. The molecule has 3 rings (SSSR count). The highest BCUT2D eigenvalue weighted by atomic mass is 32.2. The van der Waals surface area contributed by atoms with Gasteiger partial charge in [0.25, 0.3) is 0 Å². The van der Waals surface area contributed by atoms with Gasteiger partial charge in [0, 0.05) is 29.4 Å². The van der Waals surface area contributed by atoms with E-state index in [1.165, 1.54) is 17.0 Å². The van der Waals surface area contributed by atoms with Crippen LogP contribution < -0.4 is 0 Å². The van der Waals surface area contributed by atoms with Crippen molar-refractivity contribution in [1.82, 2.24) is 4.90 Å². The van der Waals surface area contributed by atoms with Crippen LogP contribution in [0.2, 0.25) is 0 Å². The van der Waals surface area contributed by atoms with E-state index in [4.69, 9.17) is 5.11 Å². The molecule has 3 aromatic carbocycles. The average Bonchev–Trinajstić information content (AvgIpc) is 2.68. The van der Waals surface area contributed by atoms with Gasteiger partial charge in [-0.2, -0.15) is 0 Å². The first-order chi connectivity index (χ1) is 13.6. The molecule has 0 saturated heterocycles. The van der Waals surface area contributed by atoms with Crippen LogP contribution in [0, 0.1) is 5.82 Å². The van der Waals surface area contributed by atoms with Crippen molar-refractivity contribution >= 4 is 17.7 Å². The van der Waals surface area contributed by atoms with Crippen molar-refractivity contribution in [1.29, 1.82) is 0 Å². The Morgan fingerprint density at radius 2 is 1.54 bits per heavy atom. The molecule has 0 bridgehead atoms. The van der Waals surface area contributed by atoms with Gasteiger partial charge in [-0.15, -0.1) is 0 Å². The van der Waals surface area contributed by atoms with Crippen molar-refractivity contribution in [3.63, 3.8) is 0 Å². The summed E-state index contributed by atoms with van der Waals surface area (Å²) in [6, 6.07) is 24.9. The van der Waals surface area contributed by atoms with Crippen molar-refractivity contribution in [2.75, 3.05) is 6.54 Å². The third kappa shape index (κ3) is 6.51. The molecule has 0 unspecified atom stereocenters. The number of carbonyl (C=O) groups is 1. The van der Waals surface area contributed by atoms with Gasteiger partial charge in [-0.1, -0.05) is 54.2 Å². The van der Waals surface area contributed by atoms with Crippen LogP contribution in [0.15, 0.2) is 88.7 Å². The number of aliphatic carboxylic acids is 1. The number of carboxylic acids is 1. The largest absolute Gasteiger partial charge is 0.481 e. The topological polar surface area (TPSA) is 40.5 Å². The summed E-state index contributed by atoms with van der Waals surface area (Å²) in [6.45, 7) is 1.53. The Hall–Kier alpha value is -2.63. The molecule has 1 N–H and O–H groups in total. The van der Waals surface area contributed by atoms with Crippen molar-refractivity contribution < 1.29 is 14.3 Å². The van der Waals surface area contributed by atoms with E-state index in [2.05, 4.69) is 36.4 Å². The van der Waals surface area contributed by atoms with Gasteiger partial charge in [-0.05, 0) is 47.5 Å².